The van der Waals surface area contributed by atoms with Crippen molar-refractivity contribution in [1.82, 2.24) is 5.06 Å². The van der Waals surface area contributed by atoms with Crippen LogP contribution in [0.2, 0.25) is 0 Å². The SMILES string of the molecule is CCCC(=O)ON1CC(O)C(O)C(CO)C1. The van der Waals surface area contributed by atoms with Gasteiger partial charge in [0.15, 0.2) is 0 Å². The molecule has 3 unspecified atom stereocenters. The predicted octanol–water partition coefficient (Wildman–Crippen LogP) is -1.11. The van der Waals surface area contributed by atoms with Crippen LogP contribution in [0.3, 0.4) is 0 Å². The van der Waals surface area contributed by atoms with Crippen molar-refractivity contribution in [1.29, 1.82) is 0 Å². The molecule has 0 aromatic carbocycles. The van der Waals surface area contributed by atoms with Crippen molar-refractivity contribution < 1.29 is 25.0 Å². The molecule has 1 aliphatic heterocycles. The summed E-state index contributed by atoms with van der Waals surface area (Å²) in [6.45, 7) is 1.93. The van der Waals surface area contributed by atoms with Crippen LogP contribution in [0.25, 0.3) is 0 Å². The van der Waals surface area contributed by atoms with E-state index in [4.69, 9.17) is 9.94 Å². The highest BCUT2D eigenvalue weighted by atomic mass is 16.7. The Balaban J connectivity index is 2.47. The van der Waals surface area contributed by atoms with E-state index in [1.54, 1.807) is 0 Å². The standard InChI is InChI=1S/C10H19NO5/c1-2-3-9(14)16-11-4-7(6-12)10(15)8(13)5-11/h7-8,10,12-13,15H,2-6H2,1H3. The smallest absolute Gasteiger partial charge is 0.325 e. The summed E-state index contributed by atoms with van der Waals surface area (Å²) < 4.78 is 0. The first kappa shape index (κ1) is 13.4. The molecule has 0 spiro atoms. The number of piperidine rings is 1. The van der Waals surface area contributed by atoms with Crippen LogP contribution in [0.4, 0.5) is 0 Å². The van der Waals surface area contributed by atoms with Gasteiger partial charge in [-0.3, -0.25) is 4.79 Å². The van der Waals surface area contributed by atoms with Crippen LogP contribution in [-0.4, -0.2) is 58.3 Å². The molecule has 3 N–H and O–H groups in total. The second kappa shape index (κ2) is 6.15. The van der Waals surface area contributed by atoms with Crippen molar-refractivity contribution in [2.24, 2.45) is 5.92 Å². The Morgan fingerprint density at radius 3 is 2.69 bits per heavy atom. The Labute approximate surface area is 94.4 Å². The molecule has 0 aromatic heterocycles. The number of rotatable bonds is 4. The fourth-order valence-electron chi connectivity index (χ4n) is 1.71. The maximum Gasteiger partial charge on any atom is 0.325 e. The lowest BCUT2D eigenvalue weighted by Gasteiger charge is -2.36. The minimum Gasteiger partial charge on any atom is -0.396 e. The Morgan fingerprint density at radius 1 is 1.44 bits per heavy atom. The number of carbonyl (C=O) groups is 1. The van der Waals surface area contributed by atoms with E-state index in [-0.39, 0.29) is 25.7 Å². The van der Waals surface area contributed by atoms with E-state index < -0.39 is 18.1 Å². The molecule has 1 fully saturated rings. The number of β-amino-alcohol motifs (C(OH)–C–C–N with tert-alkyl or cyclic N) is 1. The van der Waals surface area contributed by atoms with E-state index >= 15 is 0 Å². The minimum absolute atomic E-state index is 0.0765. The molecule has 16 heavy (non-hydrogen) atoms. The van der Waals surface area contributed by atoms with Crippen LogP contribution >= 0.6 is 0 Å². The van der Waals surface area contributed by atoms with Crippen LogP contribution in [0, 0.1) is 5.92 Å². The van der Waals surface area contributed by atoms with Gasteiger partial charge in [0, 0.05) is 25.5 Å². The van der Waals surface area contributed by atoms with Gasteiger partial charge in [-0.15, -0.1) is 5.06 Å². The molecule has 0 aromatic rings. The van der Waals surface area contributed by atoms with Crippen molar-refractivity contribution in [3.63, 3.8) is 0 Å². The third-order valence-electron chi connectivity index (χ3n) is 2.63. The molecule has 6 heteroatoms. The highest BCUT2D eigenvalue weighted by Gasteiger charge is 2.35. The molecule has 1 saturated heterocycles. The lowest BCUT2D eigenvalue weighted by molar-refractivity contribution is -0.223. The lowest BCUT2D eigenvalue weighted by atomic mass is 9.94. The Kier molecular flexibility index (Phi) is 5.14. The van der Waals surface area contributed by atoms with Gasteiger partial charge < -0.3 is 20.2 Å². The average Bonchev–Trinajstić information content (AvgIpc) is 2.23. The zero-order chi connectivity index (χ0) is 12.1. The predicted molar refractivity (Wildman–Crippen MR) is 55.2 cm³/mol. The quantitative estimate of drug-likeness (QED) is 0.570. The van der Waals surface area contributed by atoms with Gasteiger partial charge in [0.25, 0.3) is 0 Å². The zero-order valence-corrected chi connectivity index (χ0v) is 9.37. The number of carbonyl (C=O) groups excluding carboxylic acids is 1. The van der Waals surface area contributed by atoms with E-state index in [0.717, 1.165) is 0 Å². The van der Waals surface area contributed by atoms with Gasteiger partial charge in [0.05, 0.1) is 18.8 Å². The average molecular weight is 233 g/mol. The maximum atomic E-state index is 11.2. The van der Waals surface area contributed by atoms with Gasteiger partial charge in [-0.1, -0.05) is 6.92 Å². The topological polar surface area (TPSA) is 90.2 Å². The molecule has 94 valence electrons. The number of nitrogens with zero attached hydrogens (tertiary/aromatic N) is 1. The fraction of sp³-hybridized carbons (Fsp3) is 0.900. The molecule has 0 saturated carbocycles. The number of aliphatic hydroxyl groups is 3. The van der Waals surface area contributed by atoms with Crippen LogP contribution in [0.1, 0.15) is 19.8 Å². The van der Waals surface area contributed by atoms with Gasteiger partial charge >= 0.3 is 5.97 Å². The molecule has 0 amide bonds. The Hall–Kier alpha value is -0.690. The molecule has 3 atom stereocenters. The first-order chi connectivity index (χ1) is 7.58. The third kappa shape index (κ3) is 3.41. The van der Waals surface area contributed by atoms with Gasteiger partial charge in [0.2, 0.25) is 0 Å². The van der Waals surface area contributed by atoms with E-state index in [0.29, 0.717) is 12.8 Å². The summed E-state index contributed by atoms with van der Waals surface area (Å²) in [5.41, 5.74) is 0. The molecular weight excluding hydrogens is 214 g/mol. The molecule has 0 radical (unpaired) electrons. The number of hydrogen-bond donors (Lipinski definition) is 3. The van der Waals surface area contributed by atoms with Crippen LogP contribution < -0.4 is 0 Å². The largest absolute Gasteiger partial charge is 0.396 e. The highest BCUT2D eigenvalue weighted by molar-refractivity contribution is 5.68. The minimum atomic E-state index is -1.000. The summed E-state index contributed by atoms with van der Waals surface area (Å²) in [5.74, 6) is -0.846. The molecule has 1 heterocycles. The van der Waals surface area contributed by atoms with E-state index in [1.807, 2.05) is 6.92 Å². The van der Waals surface area contributed by atoms with Gasteiger partial charge in [0.1, 0.15) is 0 Å². The molecule has 1 rings (SSSR count). The highest BCUT2D eigenvalue weighted by Crippen LogP contribution is 2.18. The third-order valence-corrected chi connectivity index (χ3v) is 2.63. The van der Waals surface area contributed by atoms with Crippen molar-refractivity contribution in [2.45, 2.75) is 32.0 Å². The molecular formula is C10H19NO5. The summed E-state index contributed by atoms with van der Waals surface area (Å²) >= 11 is 0. The summed E-state index contributed by atoms with van der Waals surface area (Å²) in [5, 5.41) is 29.3. The van der Waals surface area contributed by atoms with Crippen LogP contribution in [0.5, 0.6) is 0 Å². The fourth-order valence-corrected chi connectivity index (χ4v) is 1.71. The molecule has 1 aliphatic rings. The van der Waals surface area contributed by atoms with E-state index in [2.05, 4.69) is 0 Å². The molecule has 0 bridgehead atoms. The summed E-state index contributed by atoms with van der Waals surface area (Å²) in [7, 11) is 0. The van der Waals surface area contributed by atoms with Gasteiger partial charge in [-0.05, 0) is 6.42 Å². The summed E-state index contributed by atoms with van der Waals surface area (Å²) in [6, 6.07) is 0. The van der Waals surface area contributed by atoms with Crippen molar-refractivity contribution in [2.75, 3.05) is 19.7 Å². The normalized spacial score (nSPS) is 31.4. The zero-order valence-electron chi connectivity index (χ0n) is 9.37. The van der Waals surface area contributed by atoms with Crippen molar-refractivity contribution >= 4 is 5.97 Å². The number of hydrogen-bond acceptors (Lipinski definition) is 6. The molecule has 0 aliphatic carbocycles. The van der Waals surface area contributed by atoms with Crippen LogP contribution in [-0.2, 0) is 9.63 Å². The monoisotopic (exact) mass is 233 g/mol. The molecule has 6 nitrogen and oxygen atoms in total. The second-order valence-corrected chi connectivity index (χ2v) is 4.06. The van der Waals surface area contributed by atoms with Gasteiger partial charge in [-0.25, -0.2) is 0 Å². The van der Waals surface area contributed by atoms with Gasteiger partial charge in [-0.2, -0.15) is 0 Å². The van der Waals surface area contributed by atoms with E-state index in [1.165, 1.54) is 5.06 Å². The number of hydroxylamine groups is 2. The van der Waals surface area contributed by atoms with E-state index in [9.17, 15) is 15.0 Å². The Bertz CT molecular complexity index is 235. The first-order valence-corrected chi connectivity index (χ1v) is 5.51. The first-order valence-electron chi connectivity index (χ1n) is 5.51. The van der Waals surface area contributed by atoms with Crippen molar-refractivity contribution in [3.8, 4) is 0 Å². The lowest BCUT2D eigenvalue weighted by Crippen LogP contribution is -2.53. The second-order valence-electron chi connectivity index (χ2n) is 4.06. The summed E-state index contributed by atoms with van der Waals surface area (Å²) in [6.07, 6.45) is -0.952. The summed E-state index contributed by atoms with van der Waals surface area (Å²) in [4.78, 5) is 16.2. The van der Waals surface area contributed by atoms with Crippen molar-refractivity contribution in [3.05, 3.63) is 0 Å². The van der Waals surface area contributed by atoms with Crippen LogP contribution in [0.15, 0.2) is 0 Å². The Morgan fingerprint density at radius 2 is 2.12 bits per heavy atom. The number of aliphatic hydroxyl groups excluding tert-OH is 3. The maximum absolute atomic E-state index is 11.2.